The lowest BCUT2D eigenvalue weighted by Gasteiger charge is -2.19. The Labute approximate surface area is 128 Å². The van der Waals surface area contributed by atoms with Crippen molar-refractivity contribution in [1.82, 2.24) is 4.90 Å². The minimum atomic E-state index is 0.392. The lowest BCUT2D eigenvalue weighted by atomic mass is 9.95. The zero-order valence-corrected chi connectivity index (χ0v) is 13.4. The van der Waals surface area contributed by atoms with E-state index in [1.807, 2.05) is 12.1 Å². The number of nitrogens with two attached hydrogens (primary N) is 1. The molecule has 1 fully saturated rings. The summed E-state index contributed by atoms with van der Waals surface area (Å²) in [5.41, 5.74) is 7.66. The first-order valence-electron chi connectivity index (χ1n) is 7.72. The lowest BCUT2D eigenvalue weighted by molar-refractivity contribution is 0.291. The molecule has 0 saturated carbocycles. The second-order valence-electron chi connectivity index (χ2n) is 6.06. The van der Waals surface area contributed by atoms with Crippen LogP contribution in [0.2, 0.25) is 0 Å². The third-order valence-corrected chi connectivity index (χ3v) is 4.26. The highest BCUT2D eigenvalue weighted by Crippen LogP contribution is 2.27. The molecular weight excluding hydrogens is 260 g/mol. The summed E-state index contributed by atoms with van der Waals surface area (Å²) in [5, 5.41) is 0. The molecule has 1 saturated heterocycles. The summed E-state index contributed by atoms with van der Waals surface area (Å²) in [6, 6.07) is 6.13. The second kappa shape index (κ2) is 7.49. The zero-order valence-electron chi connectivity index (χ0n) is 13.4. The fourth-order valence-electron chi connectivity index (χ4n) is 2.92. The molecule has 0 aliphatic carbocycles. The van der Waals surface area contributed by atoms with Gasteiger partial charge in [-0.1, -0.05) is 25.7 Å². The highest BCUT2D eigenvalue weighted by Gasteiger charge is 2.25. The zero-order chi connectivity index (χ0) is 15.2. The lowest BCUT2D eigenvalue weighted by Crippen LogP contribution is -2.21. The summed E-state index contributed by atoms with van der Waals surface area (Å²) in [7, 11) is 1.73. The van der Waals surface area contributed by atoms with Crippen LogP contribution in [0.15, 0.2) is 18.2 Å². The van der Waals surface area contributed by atoms with E-state index in [9.17, 15) is 0 Å². The molecule has 1 atom stereocenters. The molecule has 1 aromatic carbocycles. The van der Waals surface area contributed by atoms with E-state index in [-0.39, 0.29) is 0 Å². The Morgan fingerprint density at radius 2 is 2.24 bits per heavy atom. The summed E-state index contributed by atoms with van der Waals surface area (Å²) in [5.74, 6) is 8.53. The summed E-state index contributed by atoms with van der Waals surface area (Å²) in [6.07, 6.45) is 1.30. The van der Waals surface area contributed by atoms with Gasteiger partial charge in [0.25, 0.3) is 0 Å². The van der Waals surface area contributed by atoms with Gasteiger partial charge in [-0.25, -0.2) is 0 Å². The molecule has 0 bridgehead atoms. The molecule has 1 aliphatic rings. The van der Waals surface area contributed by atoms with Crippen LogP contribution in [-0.4, -0.2) is 31.6 Å². The highest BCUT2D eigenvalue weighted by molar-refractivity contribution is 5.44. The van der Waals surface area contributed by atoms with Gasteiger partial charge in [0.1, 0.15) is 5.75 Å². The monoisotopic (exact) mass is 286 g/mol. The van der Waals surface area contributed by atoms with Crippen molar-refractivity contribution in [3.8, 4) is 17.6 Å². The Morgan fingerprint density at radius 3 is 2.86 bits per heavy atom. The average molecular weight is 286 g/mol. The molecule has 1 heterocycles. The van der Waals surface area contributed by atoms with Crippen molar-refractivity contribution in [3.05, 3.63) is 29.3 Å². The predicted octanol–water partition coefficient (Wildman–Crippen LogP) is 2.48. The van der Waals surface area contributed by atoms with Crippen LogP contribution in [0.25, 0.3) is 0 Å². The number of nitrogens with zero attached hydrogens (tertiary/aromatic N) is 1. The molecular formula is C18H26N2O. The Balaban J connectivity index is 2.11. The number of methoxy groups -OCH3 is 1. The quantitative estimate of drug-likeness (QED) is 0.864. The highest BCUT2D eigenvalue weighted by atomic mass is 16.5. The van der Waals surface area contributed by atoms with Crippen molar-refractivity contribution in [1.29, 1.82) is 0 Å². The van der Waals surface area contributed by atoms with Crippen molar-refractivity contribution in [3.63, 3.8) is 0 Å². The summed E-state index contributed by atoms with van der Waals surface area (Å²) >= 11 is 0. The van der Waals surface area contributed by atoms with Gasteiger partial charge in [-0.05, 0) is 43.0 Å². The molecule has 0 amide bonds. The third kappa shape index (κ3) is 4.23. The largest absolute Gasteiger partial charge is 0.496 e. The maximum Gasteiger partial charge on any atom is 0.123 e. The Bertz CT molecular complexity index is 528. The average Bonchev–Trinajstić information content (AvgIpc) is 2.94. The molecule has 1 unspecified atom stereocenters. The van der Waals surface area contributed by atoms with Crippen molar-refractivity contribution in [2.24, 2.45) is 17.6 Å². The van der Waals surface area contributed by atoms with E-state index in [1.165, 1.54) is 25.1 Å². The van der Waals surface area contributed by atoms with Gasteiger partial charge in [0.15, 0.2) is 0 Å². The molecule has 21 heavy (non-hydrogen) atoms. The molecule has 0 radical (unpaired) electrons. The second-order valence-corrected chi connectivity index (χ2v) is 6.06. The SMILES string of the molecule is COc1ccc(C#CCN)cc1CN1CCC(C(C)C)C1. The minimum Gasteiger partial charge on any atom is -0.496 e. The number of likely N-dealkylation sites (tertiary alicyclic amines) is 1. The minimum absolute atomic E-state index is 0.392. The first-order chi connectivity index (χ1) is 10.1. The maximum absolute atomic E-state index is 5.49. The van der Waals surface area contributed by atoms with Crippen LogP contribution in [0.3, 0.4) is 0 Å². The van der Waals surface area contributed by atoms with Crippen LogP contribution >= 0.6 is 0 Å². The normalized spacial score (nSPS) is 18.6. The Kier molecular flexibility index (Phi) is 5.67. The van der Waals surface area contributed by atoms with Gasteiger partial charge in [0.05, 0.1) is 13.7 Å². The number of ether oxygens (including phenoxy) is 1. The van der Waals surface area contributed by atoms with Gasteiger partial charge >= 0.3 is 0 Å². The van der Waals surface area contributed by atoms with E-state index in [0.29, 0.717) is 6.54 Å². The molecule has 1 aromatic rings. The van der Waals surface area contributed by atoms with Crippen LogP contribution in [0.4, 0.5) is 0 Å². The van der Waals surface area contributed by atoms with Crippen molar-refractivity contribution in [2.45, 2.75) is 26.8 Å². The molecule has 0 spiro atoms. The van der Waals surface area contributed by atoms with Gasteiger partial charge < -0.3 is 10.5 Å². The van der Waals surface area contributed by atoms with Gasteiger partial charge in [0.2, 0.25) is 0 Å². The predicted molar refractivity (Wildman–Crippen MR) is 87.1 cm³/mol. The molecule has 3 nitrogen and oxygen atoms in total. The van der Waals surface area contributed by atoms with Gasteiger partial charge in [-0.3, -0.25) is 4.90 Å². The molecule has 3 heteroatoms. The van der Waals surface area contributed by atoms with E-state index < -0.39 is 0 Å². The summed E-state index contributed by atoms with van der Waals surface area (Å²) < 4.78 is 5.49. The van der Waals surface area contributed by atoms with E-state index in [2.05, 4.69) is 36.7 Å². The topological polar surface area (TPSA) is 38.5 Å². The first-order valence-corrected chi connectivity index (χ1v) is 7.72. The van der Waals surface area contributed by atoms with E-state index in [0.717, 1.165) is 29.7 Å². The van der Waals surface area contributed by atoms with Crippen LogP contribution in [0.5, 0.6) is 5.75 Å². The van der Waals surface area contributed by atoms with Gasteiger partial charge in [-0.15, -0.1) is 0 Å². The third-order valence-electron chi connectivity index (χ3n) is 4.26. The van der Waals surface area contributed by atoms with Gasteiger partial charge in [-0.2, -0.15) is 0 Å². The van der Waals surface area contributed by atoms with E-state index in [4.69, 9.17) is 10.5 Å². The number of hydrogen-bond donors (Lipinski definition) is 1. The number of benzene rings is 1. The van der Waals surface area contributed by atoms with Crippen molar-refractivity contribution < 1.29 is 4.74 Å². The fraction of sp³-hybridized carbons (Fsp3) is 0.556. The number of rotatable bonds is 4. The van der Waals surface area contributed by atoms with Gasteiger partial charge in [0, 0.05) is 24.2 Å². The number of hydrogen-bond acceptors (Lipinski definition) is 3. The molecule has 1 aliphatic heterocycles. The van der Waals surface area contributed by atoms with Crippen LogP contribution < -0.4 is 10.5 Å². The van der Waals surface area contributed by atoms with Crippen LogP contribution in [-0.2, 0) is 6.54 Å². The summed E-state index contributed by atoms with van der Waals surface area (Å²) in [4.78, 5) is 2.52. The first kappa shape index (κ1) is 15.9. The van der Waals surface area contributed by atoms with Crippen molar-refractivity contribution in [2.75, 3.05) is 26.7 Å². The molecule has 0 aromatic heterocycles. The standard InChI is InChI=1S/C18H26N2O/c1-14(2)16-8-10-20(12-16)13-17-11-15(5-4-9-19)6-7-18(17)21-3/h6-7,11,14,16H,8-10,12-13,19H2,1-3H3. The molecule has 2 rings (SSSR count). The molecule has 114 valence electrons. The fourth-order valence-corrected chi connectivity index (χ4v) is 2.92. The van der Waals surface area contributed by atoms with E-state index >= 15 is 0 Å². The van der Waals surface area contributed by atoms with Crippen molar-refractivity contribution >= 4 is 0 Å². The van der Waals surface area contributed by atoms with Crippen LogP contribution in [0, 0.1) is 23.7 Å². The van der Waals surface area contributed by atoms with Crippen LogP contribution in [0.1, 0.15) is 31.4 Å². The maximum atomic E-state index is 5.49. The Hall–Kier alpha value is -1.50. The molecule has 2 N–H and O–H groups in total. The summed E-state index contributed by atoms with van der Waals surface area (Å²) in [6.45, 7) is 8.31. The van der Waals surface area contributed by atoms with E-state index in [1.54, 1.807) is 7.11 Å². The Morgan fingerprint density at radius 1 is 1.43 bits per heavy atom. The smallest absolute Gasteiger partial charge is 0.123 e.